The zero-order valence-corrected chi connectivity index (χ0v) is 16.7. The lowest BCUT2D eigenvalue weighted by Gasteiger charge is -2.47. The first kappa shape index (κ1) is 19.3. The van der Waals surface area contributed by atoms with E-state index in [1.807, 2.05) is 20.8 Å². The Hall–Kier alpha value is -3.02. The van der Waals surface area contributed by atoms with Crippen LogP contribution < -0.4 is 10.2 Å². The molecule has 1 N–H and O–H groups in total. The highest BCUT2D eigenvalue weighted by molar-refractivity contribution is 6.21. The van der Waals surface area contributed by atoms with E-state index >= 15 is 0 Å². The van der Waals surface area contributed by atoms with Gasteiger partial charge in [0.1, 0.15) is 5.82 Å². The quantitative estimate of drug-likeness (QED) is 0.785. The molecule has 2 aromatic carbocycles. The van der Waals surface area contributed by atoms with Gasteiger partial charge in [-0.25, -0.2) is 9.29 Å². The van der Waals surface area contributed by atoms with Crippen molar-refractivity contribution in [3.63, 3.8) is 0 Å². The van der Waals surface area contributed by atoms with Crippen molar-refractivity contribution in [3.8, 4) is 0 Å². The number of carbonyl (C=O) groups is 3. The highest BCUT2D eigenvalue weighted by Crippen LogP contribution is 2.60. The average Bonchev–Trinajstić information content (AvgIpc) is 2.87. The number of hydrogen-bond donors (Lipinski definition) is 1. The summed E-state index contributed by atoms with van der Waals surface area (Å²) in [6.45, 7) is 5.91. The molecule has 2 aliphatic rings. The predicted octanol–water partition coefficient (Wildman–Crippen LogP) is 4.39. The molecule has 4 rings (SSSR count). The molecule has 3 amide bonds. The summed E-state index contributed by atoms with van der Waals surface area (Å²) < 4.78 is 13.1. The van der Waals surface area contributed by atoms with E-state index in [0.717, 1.165) is 0 Å². The van der Waals surface area contributed by atoms with Crippen molar-refractivity contribution in [2.45, 2.75) is 33.6 Å². The first-order valence-electron chi connectivity index (χ1n) is 9.70. The summed E-state index contributed by atoms with van der Waals surface area (Å²) in [5, 5.41) is 2.69. The van der Waals surface area contributed by atoms with Crippen molar-refractivity contribution < 1.29 is 18.8 Å². The molecule has 2 atom stereocenters. The Morgan fingerprint density at radius 3 is 2.48 bits per heavy atom. The molecule has 0 spiro atoms. The molecule has 1 saturated heterocycles. The van der Waals surface area contributed by atoms with Crippen LogP contribution in [-0.2, 0) is 9.59 Å². The van der Waals surface area contributed by atoms with Gasteiger partial charge in [0, 0.05) is 17.2 Å². The van der Waals surface area contributed by atoms with Gasteiger partial charge in [0.25, 0.3) is 5.91 Å². The standard InChI is InChI=1S/C23H23FN2O3/c1-22(2)18-11-12-23(22,3)21(29)26(20(18)28)17-6-4-5-14(13-17)19(27)25-16-9-7-15(24)8-10-16/h4-10,13,18H,11-12H2,1-3H3,(H,25,27)/t18-,23+/m0/s1. The minimum atomic E-state index is -0.613. The first-order chi connectivity index (χ1) is 13.6. The monoisotopic (exact) mass is 394 g/mol. The van der Waals surface area contributed by atoms with Crippen LogP contribution in [0.3, 0.4) is 0 Å². The fourth-order valence-electron chi connectivity index (χ4n) is 4.59. The second kappa shape index (κ2) is 6.51. The highest BCUT2D eigenvalue weighted by atomic mass is 19.1. The lowest BCUT2D eigenvalue weighted by Crippen LogP contribution is -2.59. The molecule has 6 heteroatoms. The van der Waals surface area contributed by atoms with Crippen LogP contribution in [0, 0.1) is 22.6 Å². The van der Waals surface area contributed by atoms with Gasteiger partial charge in [-0.05, 0) is 60.7 Å². The van der Waals surface area contributed by atoms with Gasteiger partial charge in [-0.1, -0.05) is 26.8 Å². The summed E-state index contributed by atoms with van der Waals surface area (Å²) in [5.41, 5.74) is 0.169. The van der Waals surface area contributed by atoms with E-state index in [0.29, 0.717) is 29.8 Å². The maximum Gasteiger partial charge on any atom is 0.255 e. The Balaban J connectivity index is 1.64. The van der Waals surface area contributed by atoms with Crippen molar-refractivity contribution in [2.75, 3.05) is 10.2 Å². The van der Waals surface area contributed by atoms with Crippen LogP contribution in [0.4, 0.5) is 15.8 Å². The SMILES string of the molecule is CC1(C)[C@H]2CC[C@]1(C)C(=O)N(c1cccc(C(=O)Nc3ccc(F)cc3)c1)C2=O. The van der Waals surface area contributed by atoms with Crippen LogP contribution in [0.2, 0.25) is 0 Å². The molecular formula is C23H23FN2O3. The van der Waals surface area contributed by atoms with Gasteiger partial charge in [-0.15, -0.1) is 0 Å². The van der Waals surface area contributed by atoms with Crippen molar-refractivity contribution in [1.29, 1.82) is 0 Å². The van der Waals surface area contributed by atoms with Gasteiger partial charge in [-0.2, -0.15) is 0 Å². The zero-order valence-electron chi connectivity index (χ0n) is 16.7. The van der Waals surface area contributed by atoms with E-state index in [1.165, 1.54) is 29.2 Å². The summed E-state index contributed by atoms with van der Waals surface area (Å²) in [6, 6.07) is 11.9. The van der Waals surface area contributed by atoms with Crippen LogP contribution in [0.25, 0.3) is 0 Å². The Morgan fingerprint density at radius 2 is 1.79 bits per heavy atom. The second-order valence-electron chi connectivity index (χ2n) is 8.64. The Bertz CT molecular complexity index is 1020. The molecule has 29 heavy (non-hydrogen) atoms. The molecule has 2 bridgehead atoms. The molecule has 2 aromatic rings. The van der Waals surface area contributed by atoms with Crippen molar-refractivity contribution in [3.05, 3.63) is 59.9 Å². The van der Waals surface area contributed by atoms with Crippen LogP contribution in [0.1, 0.15) is 44.0 Å². The van der Waals surface area contributed by atoms with Crippen LogP contribution in [0.5, 0.6) is 0 Å². The summed E-state index contributed by atoms with van der Waals surface area (Å²) in [7, 11) is 0. The summed E-state index contributed by atoms with van der Waals surface area (Å²) in [5.74, 6) is -1.42. The van der Waals surface area contributed by atoms with Crippen molar-refractivity contribution in [1.82, 2.24) is 0 Å². The van der Waals surface area contributed by atoms with E-state index in [9.17, 15) is 18.8 Å². The number of nitrogens with one attached hydrogen (secondary N) is 1. The minimum Gasteiger partial charge on any atom is -0.322 e. The van der Waals surface area contributed by atoms with Crippen LogP contribution in [0.15, 0.2) is 48.5 Å². The third kappa shape index (κ3) is 2.85. The van der Waals surface area contributed by atoms with Gasteiger partial charge in [0.15, 0.2) is 0 Å². The van der Waals surface area contributed by atoms with Crippen molar-refractivity contribution in [2.24, 2.45) is 16.7 Å². The maximum absolute atomic E-state index is 13.3. The fourth-order valence-corrected chi connectivity index (χ4v) is 4.59. The number of anilines is 2. The van der Waals surface area contributed by atoms with Gasteiger partial charge >= 0.3 is 0 Å². The molecule has 1 saturated carbocycles. The molecule has 1 aliphatic heterocycles. The number of fused-ring (bicyclic) bond motifs is 2. The smallest absolute Gasteiger partial charge is 0.255 e. The van der Waals surface area contributed by atoms with Crippen LogP contribution >= 0.6 is 0 Å². The zero-order chi connectivity index (χ0) is 21.0. The van der Waals surface area contributed by atoms with Crippen LogP contribution in [-0.4, -0.2) is 17.7 Å². The number of imide groups is 1. The summed E-state index contributed by atoms with van der Waals surface area (Å²) in [6.07, 6.45) is 1.37. The topological polar surface area (TPSA) is 66.5 Å². The van der Waals surface area contributed by atoms with E-state index in [1.54, 1.807) is 24.3 Å². The number of halogens is 1. The molecule has 0 aromatic heterocycles. The second-order valence-corrected chi connectivity index (χ2v) is 8.64. The Morgan fingerprint density at radius 1 is 1.10 bits per heavy atom. The number of carbonyl (C=O) groups excluding carboxylic acids is 3. The van der Waals surface area contributed by atoms with E-state index in [4.69, 9.17) is 0 Å². The number of amides is 3. The Kier molecular flexibility index (Phi) is 4.33. The molecule has 1 aliphatic carbocycles. The minimum absolute atomic E-state index is 0.203. The molecule has 0 unspecified atom stereocenters. The summed E-state index contributed by atoms with van der Waals surface area (Å²) in [4.78, 5) is 40.3. The number of rotatable bonds is 3. The third-order valence-corrected chi connectivity index (χ3v) is 6.89. The molecule has 2 fully saturated rings. The van der Waals surface area contributed by atoms with E-state index < -0.39 is 22.6 Å². The van der Waals surface area contributed by atoms with Gasteiger partial charge in [0.05, 0.1) is 11.1 Å². The molecule has 0 radical (unpaired) electrons. The average molecular weight is 394 g/mol. The van der Waals surface area contributed by atoms with Crippen molar-refractivity contribution >= 4 is 29.1 Å². The largest absolute Gasteiger partial charge is 0.322 e. The van der Waals surface area contributed by atoms with E-state index in [-0.39, 0.29) is 17.7 Å². The van der Waals surface area contributed by atoms with Gasteiger partial charge in [0.2, 0.25) is 11.8 Å². The van der Waals surface area contributed by atoms with Gasteiger partial charge < -0.3 is 5.32 Å². The van der Waals surface area contributed by atoms with E-state index in [2.05, 4.69) is 5.32 Å². The molecular weight excluding hydrogens is 371 g/mol. The normalized spacial score (nSPS) is 25.2. The maximum atomic E-state index is 13.3. The fraction of sp³-hybridized carbons (Fsp3) is 0.348. The third-order valence-electron chi connectivity index (χ3n) is 6.89. The predicted molar refractivity (Wildman–Crippen MR) is 108 cm³/mol. The number of benzene rings is 2. The molecule has 1 heterocycles. The summed E-state index contributed by atoms with van der Waals surface area (Å²) >= 11 is 0. The number of hydrogen-bond acceptors (Lipinski definition) is 3. The number of nitrogens with zero attached hydrogens (tertiary/aromatic N) is 1. The highest BCUT2D eigenvalue weighted by Gasteiger charge is 2.64. The van der Waals surface area contributed by atoms with Gasteiger partial charge in [-0.3, -0.25) is 14.4 Å². The molecule has 150 valence electrons. The Labute approximate surface area is 168 Å². The molecule has 5 nitrogen and oxygen atoms in total. The lowest BCUT2D eigenvalue weighted by molar-refractivity contribution is -0.146. The number of piperidine rings is 1. The lowest BCUT2D eigenvalue weighted by atomic mass is 9.62. The first-order valence-corrected chi connectivity index (χ1v) is 9.70.